The molecule has 3 amide bonds. The van der Waals surface area contributed by atoms with Crippen molar-refractivity contribution in [3.05, 3.63) is 60.2 Å². The molecule has 8 atom stereocenters. The first-order chi connectivity index (χ1) is 20.3. The van der Waals surface area contributed by atoms with E-state index < -0.39 is 41.5 Å². The van der Waals surface area contributed by atoms with Gasteiger partial charge >= 0.3 is 0 Å². The van der Waals surface area contributed by atoms with Crippen LogP contribution in [0, 0.1) is 17.8 Å². The molecule has 3 unspecified atom stereocenters. The zero-order valence-corrected chi connectivity index (χ0v) is 25.1. The summed E-state index contributed by atoms with van der Waals surface area (Å²) in [4.78, 5) is 43.5. The fraction of sp³-hybridized carbons (Fsp3) is 0.500. The third-order valence-electron chi connectivity index (χ3n) is 9.26. The number of aliphatic hydroxyl groups excluding tert-OH is 1. The van der Waals surface area contributed by atoms with Gasteiger partial charge in [0.15, 0.2) is 0 Å². The molecule has 222 valence electrons. The van der Waals surface area contributed by atoms with Gasteiger partial charge in [-0.05, 0) is 30.0 Å². The molecular weight excluding hydrogens is 604 g/mol. The molecule has 0 radical (unpaired) electrons. The lowest BCUT2D eigenvalue weighted by molar-refractivity contribution is -0.147. The Labute approximate surface area is 252 Å². The van der Waals surface area contributed by atoms with Crippen LogP contribution in [-0.4, -0.2) is 77.9 Å². The highest BCUT2D eigenvalue weighted by Crippen LogP contribution is 2.60. The summed E-state index contributed by atoms with van der Waals surface area (Å²) in [5.41, 5.74) is 1.17. The van der Waals surface area contributed by atoms with Crippen molar-refractivity contribution in [1.82, 2.24) is 30.5 Å². The van der Waals surface area contributed by atoms with Crippen LogP contribution in [0.1, 0.15) is 32.3 Å². The average Bonchev–Trinajstić information content (AvgIpc) is 3.73. The fourth-order valence-electron chi connectivity index (χ4n) is 7.02. The van der Waals surface area contributed by atoms with Crippen LogP contribution < -0.4 is 10.6 Å². The molecule has 12 heteroatoms. The number of likely N-dealkylation sites (tertiary alicyclic amines) is 1. The molecule has 3 aliphatic heterocycles. The lowest BCUT2D eigenvalue weighted by Crippen LogP contribution is -2.59. The van der Waals surface area contributed by atoms with Gasteiger partial charge in [-0.2, -0.15) is 0 Å². The van der Waals surface area contributed by atoms with E-state index in [1.54, 1.807) is 4.68 Å². The highest BCUT2D eigenvalue weighted by atomic mass is 79.9. The number of halogens is 1. The molecule has 1 aromatic heterocycles. The van der Waals surface area contributed by atoms with Crippen LogP contribution >= 0.6 is 15.9 Å². The third kappa shape index (κ3) is 4.60. The monoisotopic (exact) mass is 638 g/mol. The molecule has 42 heavy (non-hydrogen) atoms. The Kier molecular flexibility index (Phi) is 7.79. The lowest BCUT2D eigenvalue weighted by Gasteiger charge is -2.38. The van der Waals surface area contributed by atoms with Gasteiger partial charge in [-0.25, -0.2) is 4.68 Å². The number of carbonyl (C=O) groups excluding carboxylic acids is 3. The maximum atomic E-state index is 14.3. The predicted octanol–water partition coefficient (Wildman–Crippen LogP) is 1.98. The Hall–Kier alpha value is -3.35. The third-order valence-corrected chi connectivity index (χ3v) is 10.1. The summed E-state index contributed by atoms with van der Waals surface area (Å²) in [6.45, 7) is 3.97. The van der Waals surface area contributed by atoms with Crippen molar-refractivity contribution in [2.75, 3.05) is 6.61 Å². The minimum atomic E-state index is -1.22. The van der Waals surface area contributed by atoms with Crippen molar-refractivity contribution in [3.8, 4) is 0 Å². The Morgan fingerprint density at radius 1 is 1.14 bits per heavy atom. The number of alkyl halides is 1. The number of rotatable bonds is 10. The molecule has 1 spiro atoms. The van der Waals surface area contributed by atoms with Crippen LogP contribution in [0.15, 0.2) is 54.6 Å². The SMILES string of the molecule is CC[C@H](C)[C@H](CO)N1C(=O)[C@@H]2[C@@H](C(=O)NCc3ccccc3)[C@@H]3OC2(CC3Br)C1C(=O)NCn1nnc2ccccc21. The zero-order chi connectivity index (χ0) is 29.6. The second-order valence-electron chi connectivity index (χ2n) is 11.5. The first-order valence-corrected chi connectivity index (χ1v) is 15.3. The Morgan fingerprint density at radius 3 is 2.62 bits per heavy atom. The van der Waals surface area contributed by atoms with E-state index in [0.29, 0.717) is 24.9 Å². The number of nitrogens with one attached hydrogen (secondary N) is 2. The van der Waals surface area contributed by atoms with Gasteiger partial charge in [-0.3, -0.25) is 14.4 Å². The van der Waals surface area contributed by atoms with Crippen molar-refractivity contribution in [2.45, 2.75) is 68.5 Å². The molecule has 11 nitrogen and oxygen atoms in total. The maximum absolute atomic E-state index is 14.3. The van der Waals surface area contributed by atoms with Crippen molar-refractivity contribution >= 4 is 44.7 Å². The minimum Gasteiger partial charge on any atom is -0.394 e. The van der Waals surface area contributed by atoms with E-state index >= 15 is 0 Å². The Bertz CT molecular complexity index is 1490. The van der Waals surface area contributed by atoms with Gasteiger partial charge in [0, 0.05) is 11.4 Å². The van der Waals surface area contributed by atoms with E-state index in [0.717, 1.165) is 11.1 Å². The standard InChI is InChI=1S/C30H35BrN6O5/c1-3-17(2)22(15-38)37-26(28(40)33-16-36-21-12-8-7-11-20(21)34-35-36)30-13-19(31)25(42-30)23(24(30)29(37)41)27(39)32-14-18-9-5-4-6-10-18/h4-12,17,19,22-26,38H,3,13-16H2,1-2H3,(H,32,39)(H,33,40)/t17-,19?,22-,23+,24-,25+,26?,30?/m0/s1. The Morgan fingerprint density at radius 2 is 1.88 bits per heavy atom. The molecule has 3 fully saturated rings. The van der Waals surface area contributed by atoms with E-state index in [-0.39, 0.29) is 35.8 Å². The van der Waals surface area contributed by atoms with Gasteiger partial charge in [0.05, 0.1) is 36.1 Å². The summed E-state index contributed by atoms with van der Waals surface area (Å²) in [7, 11) is 0. The summed E-state index contributed by atoms with van der Waals surface area (Å²) in [5.74, 6) is -2.76. The molecule has 2 bridgehead atoms. The second kappa shape index (κ2) is 11.4. The summed E-state index contributed by atoms with van der Waals surface area (Å²) in [6, 6.07) is 15.3. The highest BCUT2D eigenvalue weighted by Gasteiger charge is 2.77. The predicted molar refractivity (Wildman–Crippen MR) is 157 cm³/mol. The van der Waals surface area contributed by atoms with Crippen molar-refractivity contribution in [2.24, 2.45) is 17.8 Å². The van der Waals surface area contributed by atoms with E-state index in [2.05, 4.69) is 36.9 Å². The molecule has 3 N–H and O–H groups in total. The number of carbonyl (C=O) groups is 3. The van der Waals surface area contributed by atoms with E-state index in [4.69, 9.17) is 4.74 Å². The fourth-order valence-corrected chi connectivity index (χ4v) is 7.97. The number of hydrogen-bond acceptors (Lipinski definition) is 7. The molecule has 2 aromatic carbocycles. The van der Waals surface area contributed by atoms with Crippen LogP contribution in [0.4, 0.5) is 0 Å². The lowest BCUT2D eigenvalue weighted by atomic mass is 9.70. The smallest absolute Gasteiger partial charge is 0.247 e. The number of aromatic nitrogens is 3. The van der Waals surface area contributed by atoms with Crippen molar-refractivity contribution in [3.63, 3.8) is 0 Å². The van der Waals surface area contributed by atoms with Crippen molar-refractivity contribution in [1.29, 1.82) is 0 Å². The van der Waals surface area contributed by atoms with Gasteiger partial charge in [0.25, 0.3) is 0 Å². The first-order valence-electron chi connectivity index (χ1n) is 14.4. The average molecular weight is 640 g/mol. The van der Waals surface area contributed by atoms with Crippen LogP contribution in [0.2, 0.25) is 0 Å². The molecular formula is C30H35BrN6O5. The topological polar surface area (TPSA) is 139 Å². The number of aliphatic hydroxyl groups is 1. The van der Waals surface area contributed by atoms with Crippen LogP contribution in [0.25, 0.3) is 11.0 Å². The van der Waals surface area contributed by atoms with E-state index in [9.17, 15) is 19.5 Å². The summed E-state index contributed by atoms with van der Waals surface area (Å²) >= 11 is 3.70. The van der Waals surface area contributed by atoms with Gasteiger partial charge < -0.3 is 25.4 Å². The van der Waals surface area contributed by atoms with Crippen molar-refractivity contribution < 1.29 is 24.2 Å². The van der Waals surface area contributed by atoms with E-state index in [1.165, 1.54) is 4.90 Å². The number of nitrogens with zero attached hydrogens (tertiary/aromatic N) is 4. The maximum Gasteiger partial charge on any atom is 0.247 e. The molecule has 0 aliphatic carbocycles. The zero-order valence-electron chi connectivity index (χ0n) is 23.5. The number of benzene rings is 2. The van der Waals surface area contributed by atoms with Crippen LogP contribution in [0.3, 0.4) is 0 Å². The molecule has 3 aromatic rings. The normalized spacial score (nSPS) is 29.5. The summed E-state index contributed by atoms with van der Waals surface area (Å²) < 4.78 is 8.17. The van der Waals surface area contributed by atoms with E-state index in [1.807, 2.05) is 68.4 Å². The van der Waals surface area contributed by atoms with Gasteiger partial charge in [0.2, 0.25) is 17.7 Å². The largest absolute Gasteiger partial charge is 0.394 e. The number of ether oxygens (including phenoxy) is 1. The molecule has 4 heterocycles. The first kappa shape index (κ1) is 28.8. The van der Waals surface area contributed by atoms with Gasteiger partial charge in [0.1, 0.15) is 23.8 Å². The van der Waals surface area contributed by atoms with Crippen LogP contribution in [0.5, 0.6) is 0 Å². The summed E-state index contributed by atoms with van der Waals surface area (Å²) in [5, 5.41) is 24.8. The number of amides is 3. The number of fused-ring (bicyclic) bond motifs is 2. The molecule has 3 aliphatic rings. The van der Waals surface area contributed by atoms with Crippen LogP contribution in [-0.2, 0) is 32.3 Å². The molecule has 0 saturated carbocycles. The van der Waals surface area contributed by atoms with Gasteiger partial charge in [-0.15, -0.1) is 5.10 Å². The number of para-hydroxylation sites is 1. The molecule has 3 saturated heterocycles. The highest BCUT2D eigenvalue weighted by molar-refractivity contribution is 9.09. The minimum absolute atomic E-state index is 0.0356. The second-order valence-corrected chi connectivity index (χ2v) is 12.7. The van der Waals surface area contributed by atoms with Gasteiger partial charge in [-0.1, -0.05) is 83.9 Å². The quantitative estimate of drug-likeness (QED) is 0.289. The Balaban J connectivity index is 1.32. The number of hydrogen-bond donors (Lipinski definition) is 3. The summed E-state index contributed by atoms with van der Waals surface area (Å²) in [6.07, 6.45) is 0.510. The molecule has 6 rings (SSSR count).